The number of carbonyl (C=O) groups excluding carboxylic acids is 1. The van der Waals surface area contributed by atoms with Gasteiger partial charge in [-0.2, -0.15) is 5.10 Å². The Kier molecular flexibility index (Phi) is 8.97. The van der Waals surface area contributed by atoms with Crippen LogP contribution in [0.2, 0.25) is 10.0 Å². The number of hydrogen-bond acceptors (Lipinski definition) is 8. The Morgan fingerprint density at radius 1 is 1.20 bits per heavy atom. The normalized spacial score (nSPS) is 17.8. The fraction of sp³-hybridized carbons (Fsp3) is 0.375. The van der Waals surface area contributed by atoms with Gasteiger partial charge in [0.15, 0.2) is 11.2 Å². The van der Waals surface area contributed by atoms with Crippen molar-refractivity contribution in [3.05, 3.63) is 75.9 Å². The molecule has 0 spiro atoms. The second-order valence-electron chi connectivity index (χ2n) is 11.7. The molecule has 240 valence electrons. The number of halogens is 3. The van der Waals surface area contributed by atoms with Crippen molar-refractivity contribution < 1.29 is 19.0 Å². The number of amides is 1. The first kappa shape index (κ1) is 31.1. The molecule has 1 fully saturated rings. The van der Waals surface area contributed by atoms with Gasteiger partial charge >= 0.3 is 0 Å². The number of thiazole rings is 1. The molecule has 5 aromatic rings. The summed E-state index contributed by atoms with van der Waals surface area (Å²) in [6, 6.07) is 8.43. The highest BCUT2D eigenvalue weighted by molar-refractivity contribution is 7.13. The fourth-order valence-corrected chi connectivity index (χ4v) is 7.31. The number of hydrogen-bond donors (Lipinski definition) is 2. The van der Waals surface area contributed by atoms with E-state index < -0.39 is 18.1 Å². The topological polar surface area (TPSA) is 110 Å². The summed E-state index contributed by atoms with van der Waals surface area (Å²) in [5.41, 5.74) is 3.02. The second kappa shape index (κ2) is 13.3. The zero-order valence-electron chi connectivity index (χ0n) is 24.8. The maximum Gasteiger partial charge on any atom is 0.257 e. The third-order valence-electron chi connectivity index (χ3n) is 8.73. The van der Waals surface area contributed by atoms with Crippen molar-refractivity contribution in [2.24, 2.45) is 5.92 Å². The second-order valence-corrected chi connectivity index (χ2v) is 13.4. The molecule has 5 heterocycles. The van der Waals surface area contributed by atoms with Crippen molar-refractivity contribution in [1.82, 2.24) is 29.2 Å². The number of benzene rings is 2. The van der Waals surface area contributed by atoms with E-state index in [1.165, 1.54) is 16.0 Å². The lowest BCUT2D eigenvalue weighted by Crippen LogP contribution is -2.37. The molecule has 1 unspecified atom stereocenters. The Bertz CT molecular complexity index is 1840. The third-order valence-corrected chi connectivity index (χ3v) is 10.1. The summed E-state index contributed by atoms with van der Waals surface area (Å²) in [4.78, 5) is 24.8. The first-order valence-corrected chi connectivity index (χ1v) is 16.8. The number of piperidine rings is 1. The van der Waals surface area contributed by atoms with E-state index in [1.807, 2.05) is 24.3 Å². The van der Waals surface area contributed by atoms with Crippen LogP contribution in [0.5, 0.6) is 5.75 Å². The van der Waals surface area contributed by atoms with Crippen LogP contribution in [0.3, 0.4) is 0 Å². The summed E-state index contributed by atoms with van der Waals surface area (Å²) < 4.78 is 23.6. The summed E-state index contributed by atoms with van der Waals surface area (Å²) >= 11 is 15.0. The van der Waals surface area contributed by atoms with Gasteiger partial charge in [0.05, 0.1) is 28.6 Å². The molecular formula is C32H32Cl2FN7O3S. The van der Waals surface area contributed by atoms with Crippen molar-refractivity contribution in [3.63, 3.8) is 0 Å². The van der Waals surface area contributed by atoms with E-state index in [0.717, 1.165) is 43.8 Å². The predicted molar refractivity (Wildman–Crippen MR) is 177 cm³/mol. The summed E-state index contributed by atoms with van der Waals surface area (Å²) in [7, 11) is 0. The lowest BCUT2D eigenvalue weighted by molar-refractivity contribution is -0.118. The number of rotatable bonds is 10. The van der Waals surface area contributed by atoms with Crippen molar-refractivity contribution in [2.75, 3.05) is 38.2 Å². The lowest BCUT2D eigenvalue weighted by Gasteiger charge is -2.30. The number of aliphatic hydroxyl groups excluding tert-OH is 1. The van der Waals surface area contributed by atoms with E-state index in [0.29, 0.717) is 55.6 Å². The van der Waals surface area contributed by atoms with Crippen LogP contribution in [0.15, 0.2) is 54.4 Å². The Hall–Kier alpha value is -3.55. The quantitative estimate of drug-likeness (QED) is 0.190. The van der Waals surface area contributed by atoms with E-state index >= 15 is 0 Å². The third kappa shape index (κ3) is 6.24. The molecule has 0 saturated carbocycles. The highest BCUT2D eigenvalue weighted by atomic mass is 35.5. The van der Waals surface area contributed by atoms with Crippen LogP contribution in [0.25, 0.3) is 22.0 Å². The first-order valence-electron chi connectivity index (χ1n) is 15.2. The van der Waals surface area contributed by atoms with Crippen molar-refractivity contribution >= 4 is 56.5 Å². The van der Waals surface area contributed by atoms with Crippen molar-refractivity contribution in [2.45, 2.75) is 38.0 Å². The Balaban J connectivity index is 1.13. The average Bonchev–Trinajstić information content (AvgIpc) is 3.87. The molecule has 46 heavy (non-hydrogen) atoms. The molecule has 2 aliphatic rings. The number of alkyl halides is 1. The highest BCUT2D eigenvalue weighted by Crippen LogP contribution is 2.40. The number of aromatic nitrogens is 5. The molecule has 7 rings (SSSR count). The summed E-state index contributed by atoms with van der Waals surface area (Å²) in [5, 5.41) is 20.5. The number of ether oxygens (including phenoxy) is 1. The Morgan fingerprint density at radius 3 is 2.74 bits per heavy atom. The molecule has 10 nitrogen and oxygen atoms in total. The van der Waals surface area contributed by atoms with E-state index in [-0.39, 0.29) is 19.6 Å². The minimum atomic E-state index is -1.05. The predicted octanol–water partition coefficient (Wildman–Crippen LogP) is 5.87. The number of likely N-dealkylation sites (tertiary alicyclic amines) is 1. The summed E-state index contributed by atoms with van der Waals surface area (Å²) in [6.07, 6.45) is 5.98. The number of imidazole rings is 1. The van der Waals surface area contributed by atoms with Gasteiger partial charge in [0.25, 0.3) is 5.91 Å². The summed E-state index contributed by atoms with van der Waals surface area (Å²) in [5.74, 6) is 0.749. The minimum Gasteiger partial charge on any atom is -0.492 e. The van der Waals surface area contributed by atoms with Gasteiger partial charge in [-0.3, -0.25) is 19.7 Å². The molecule has 0 aliphatic carbocycles. The molecule has 2 N–H and O–H groups in total. The van der Waals surface area contributed by atoms with Crippen LogP contribution >= 0.6 is 34.5 Å². The lowest BCUT2D eigenvalue weighted by atomic mass is 9.98. The van der Waals surface area contributed by atoms with Crippen LogP contribution in [-0.4, -0.2) is 79.2 Å². The zero-order valence-corrected chi connectivity index (χ0v) is 27.1. The van der Waals surface area contributed by atoms with Gasteiger partial charge in [-0.25, -0.2) is 14.4 Å². The number of nitrogens with zero attached hydrogens (tertiary/aromatic N) is 6. The van der Waals surface area contributed by atoms with Crippen LogP contribution in [0.4, 0.5) is 9.52 Å². The van der Waals surface area contributed by atoms with Gasteiger partial charge in [-0.1, -0.05) is 35.3 Å². The zero-order chi connectivity index (χ0) is 31.8. The monoisotopic (exact) mass is 683 g/mol. The molecule has 2 aliphatic heterocycles. The highest BCUT2D eigenvalue weighted by Gasteiger charge is 2.34. The number of fused-ring (bicyclic) bond motifs is 2. The SMILES string of the molecule is O=C(Nc1nccs1)C(c1ncn2c1C[C@@H](F)C2)n1cc2c(Cl)cc(-c3ccc(OCCN4CCC(CO)CC4)cc3)c(Cl)c2n1. The number of aliphatic hydroxyl groups is 1. The minimum absolute atomic E-state index is 0.159. The van der Waals surface area contributed by atoms with Gasteiger partial charge in [0, 0.05) is 54.0 Å². The molecule has 3 aromatic heterocycles. The number of anilines is 1. The van der Waals surface area contributed by atoms with Crippen LogP contribution < -0.4 is 10.1 Å². The fourth-order valence-electron chi connectivity index (χ4n) is 6.23. The first-order chi connectivity index (χ1) is 22.4. The molecule has 0 radical (unpaired) electrons. The molecule has 1 saturated heterocycles. The van der Waals surface area contributed by atoms with Crippen LogP contribution in [-0.2, 0) is 17.8 Å². The molecule has 2 aromatic carbocycles. The van der Waals surface area contributed by atoms with Gasteiger partial charge < -0.3 is 14.4 Å². The average molecular weight is 685 g/mol. The molecule has 14 heteroatoms. The Morgan fingerprint density at radius 2 is 2.00 bits per heavy atom. The van der Waals surface area contributed by atoms with E-state index in [2.05, 4.69) is 20.2 Å². The van der Waals surface area contributed by atoms with Gasteiger partial charge in [-0.05, 0) is 55.6 Å². The maximum absolute atomic E-state index is 14.3. The largest absolute Gasteiger partial charge is 0.492 e. The van der Waals surface area contributed by atoms with Crippen LogP contribution in [0.1, 0.15) is 30.3 Å². The maximum atomic E-state index is 14.3. The van der Waals surface area contributed by atoms with Gasteiger partial charge in [-0.15, -0.1) is 11.3 Å². The van der Waals surface area contributed by atoms with E-state index in [4.69, 9.17) is 33.0 Å². The van der Waals surface area contributed by atoms with Gasteiger partial charge in [0.2, 0.25) is 0 Å². The molecular weight excluding hydrogens is 652 g/mol. The number of carbonyl (C=O) groups is 1. The summed E-state index contributed by atoms with van der Waals surface area (Å²) in [6.45, 7) is 3.82. The Labute approximate surface area is 278 Å². The smallest absolute Gasteiger partial charge is 0.257 e. The van der Waals surface area contributed by atoms with Crippen molar-refractivity contribution in [3.8, 4) is 16.9 Å². The molecule has 0 bridgehead atoms. The number of nitrogens with one attached hydrogen (secondary N) is 1. The molecule has 1 amide bonds. The van der Waals surface area contributed by atoms with Crippen molar-refractivity contribution in [1.29, 1.82) is 0 Å². The van der Waals surface area contributed by atoms with E-state index in [1.54, 1.807) is 34.7 Å². The van der Waals surface area contributed by atoms with E-state index in [9.17, 15) is 14.3 Å². The van der Waals surface area contributed by atoms with Gasteiger partial charge in [0.1, 0.15) is 24.0 Å². The standard InChI is InChI=1S/C32H32Cl2FN7O3S/c33-25-14-23(20-1-3-22(4-2-20)45-11-10-40-8-5-19(17-43)6-9-40)27(34)28-24(25)16-42(39-28)30(31(44)38-32-36-7-12-46-32)29-26-13-21(35)15-41(26)18-37-29/h1-4,7,12,14,16,18-19,21,30,43H,5-6,8-11,13,15,17H2,(H,36,38,44)/t21-,30?/m1/s1. The van der Waals surface area contributed by atoms with Crippen LogP contribution in [0, 0.1) is 5.92 Å². The molecule has 2 atom stereocenters.